The van der Waals surface area contributed by atoms with E-state index >= 15 is 0 Å². The van der Waals surface area contributed by atoms with Crippen LogP contribution < -0.4 is 0 Å². The second kappa shape index (κ2) is 6.87. The molecule has 2 saturated heterocycles. The van der Waals surface area contributed by atoms with E-state index in [2.05, 4.69) is 20.1 Å². The van der Waals surface area contributed by atoms with Crippen molar-refractivity contribution in [3.63, 3.8) is 0 Å². The van der Waals surface area contributed by atoms with E-state index < -0.39 is 0 Å². The zero-order chi connectivity index (χ0) is 17.2. The molecule has 8 heteroatoms. The van der Waals surface area contributed by atoms with E-state index in [1.807, 2.05) is 4.90 Å². The third-order valence-electron chi connectivity index (χ3n) is 4.96. The number of likely N-dealkylation sites (tertiary alicyclic amines) is 1. The highest BCUT2D eigenvalue weighted by atomic mass is 16.5. The molecule has 0 bridgehead atoms. The lowest BCUT2D eigenvalue weighted by Gasteiger charge is -2.39. The van der Waals surface area contributed by atoms with E-state index in [1.165, 1.54) is 6.33 Å². The Kier molecular flexibility index (Phi) is 4.44. The summed E-state index contributed by atoms with van der Waals surface area (Å²) in [5.41, 5.74) is 0.969. The Balaban J connectivity index is 1.47. The second-order valence-corrected chi connectivity index (χ2v) is 6.67. The molecular formula is C17H21N5O3. The highest BCUT2D eigenvalue weighted by Gasteiger charge is 2.43. The molecule has 8 nitrogen and oxygen atoms in total. The summed E-state index contributed by atoms with van der Waals surface area (Å²) in [5, 5.41) is 3.88. The van der Waals surface area contributed by atoms with Crippen LogP contribution in [0.1, 0.15) is 42.5 Å². The maximum absolute atomic E-state index is 12.9. The minimum absolute atomic E-state index is 0.0320. The fourth-order valence-electron chi connectivity index (χ4n) is 3.75. The van der Waals surface area contributed by atoms with Gasteiger partial charge in [0.05, 0.1) is 18.1 Å². The summed E-state index contributed by atoms with van der Waals surface area (Å²) in [6, 6.07) is 0.153. The van der Waals surface area contributed by atoms with E-state index in [0.29, 0.717) is 37.7 Å². The van der Waals surface area contributed by atoms with Crippen molar-refractivity contribution in [3.05, 3.63) is 36.0 Å². The molecule has 4 heterocycles. The minimum Gasteiger partial charge on any atom is -0.376 e. The van der Waals surface area contributed by atoms with Gasteiger partial charge in [-0.1, -0.05) is 5.16 Å². The van der Waals surface area contributed by atoms with Gasteiger partial charge in [-0.15, -0.1) is 0 Å². The molecule has 4 rings (SSSR count). The van der Waals surface area contributed by atoms with Gasteiger partial charge in [0, 0.05) is 32.0 Å². The first-order valence-corrected chi connectivity index (χ1v) is 8.66. The number of rotatable bonds is 4. The monoisotopic (exact) mass is 343 g/mol. The predicted octanol–water partition coefficient (Wildman–Crippen LogP) is 1.27. The molecule has 0 aliphatic carbocycles. The number of aryl methyl sites for hydroxylation is 2. The summed E-state index contributed by atoms with van der Waals surface area (Å²) in [5.74, 6) is 1.38. The molecule has 2 aliphatic heterocycles. The van der Waals surface area contributed by atoms with E-state index in [4.69, 9.17) is 9.26 Å². The topological polar surface area (TPSA) is 94.2 Å². The van der Waals surface area contributed by atoms with Crippen LogP contribution in [0, 0.1) is 6.92 Å². The summed E-state index contributed by atoms with van der Waals surface area (Å²) in [4.78, 5) is 27.2. The van der Waals surface area contributed by atoms with Crippen LogP contribution in [0.25, 0.3) is 0 Å². The third kappa shape index (κ3) is 3.39. The van der Waals surface area contributed by atoms with Crippen LogP contribution in [-0.2, 0) is 16.0 Å². The van der Waals surface area contributed by atoms with Crippen molar-refractivity contribution in [1.29, 1.82) is 0 Å². The van der Waals surface area contributed by atoms with Gasteiger partial charge in [0.1, 0.15) is 6.33 Å². The van der Waals surface area contributed by atoms with Crippen molar-refractivity contribution < 1.29 is 14.1 Å². The molecule has 0 N–H and O–H groups in total. The predicted molar refractivity (Wildman–Crippen MR) is 86.6 cm³/mol. The Bertz CT molecular complexity index is 735. The lowest BCUT2D eigenvalue weighted by Crippen LogP contribution is -2.51. The smallest absolute Gasteiger partial charge is 0.231 e. The molecule has 1 amide bonds. The Morgan fingerprint density at radius 2 is 2.20 bits per heavy atom. The SMILES string of the molecule is Cc1noc([C@H]2C[C@H]3OCC[C@H]3N(C(=O)CCc3cncnc3)C2)n1. The summed E-state index contributed by atoms with van der Waals surface area (Å²) >= 11 is 0. The zero-order valence-electron chi connectivity index (χ0n) is 14.2. The van der Waals surface area contributed by atoms with Crippen molar-refractivity contribution >= 4 is 5.91 Å². The van der Waals surface area contributed by atoms with E-state index in [-0.39, 0.29) is 24.0 Å². The van der Waals surface area contributed by atoms with Crippen molar-refractivity contribution in [2.45, 2.75) is 50.7 Å². The molecule has 25 heavy (non-hydrogen) atoms. The van der Waals surface area contributed by atoms with Crippen LogP contribution in [0.15, 0.2) is 23.2 Å². The fraction of sp³-hybridized carbons (Fsp3) is 0.588. The molecule has 0 unspecified atom stereocenters. The van der Waals surface area contributed by atoms with Crippen molar-refractivity contribution in [1.82, 2.24) is 25.0 Å². The van der Waals surface area contributed by atoms with Crippen LogP contribution in [0.2, 0.25) is 0 Å². The minimum atomic E-state index is 0.0320. The van der Waals surface area contributed by atoms with E-state index in [0.717, 1.165) is 18.4 Å². The third-order valence-corrected chi connectivity index (χ3v) is 4.96. The highest BCUT2D eigenvalue weighted by Crippen LogP contribution is 2.36. The summed E-state index contributed by atoms with van der Waals surface area (Å²) in [7, 11) is 0. The van der Waals surface area contributed by atoms with E-state index in [1.54, 1.807) is 19.3 Å². The number of piperidine rings is 1. The van der Waals surface area contributed by atoms with Gasteiger partial charge in [0.2, 0.25) is 11.8 Å². The van der Waals surface area contributed by atoms with Crippen molar-refractivity contribution in [3.8, 4) is 0 Å². The molecule has 2 fully saturated rings. The standard InChI is InChI=1S/C17H21N5O3/c1-11-20-17(25-21-11)13-6-15-14(4-5-24-15)22(9-13)16(23)3-2-12-7-18-10-19-8-12/h7-8,10,13-15H,2-6,9H2,1H3/t13-,14+,15+/m0/s1. The van der Waals surface area contributed by atoms with Crippen LogP contribution in [0.3, 0.4) is 0 Å². The Hall–Kier alpha value is -2.35. The zero-order valence-corrected chi connectivity index (χ0v) is 14.2. The summed E-state index contributed by atoms with van der Waals surface area (Å²) < 4.78 is 11.2. The molecule has 0 aromatic carbocycles. The Labute approximate surface area is 145 Å². The molecule has 3 atom stereocenters. The first-order chi connectivity index (χ1) is 12.2. The molecule has 2 aromatic heterocycles. The number of aromatic nitrogens is 4. The molecule has 2 aromatic rings. The number of amides is 1. The lowest BCUT2D eigenvalue weighted by molar-refractivity contribution is -0.137. The summed E-state index contributed by atoms with van der Waals surface area (Å²) in [6.45, 7) is 3.10. The first-order valence-electron chi connectivity index (χ1n) is 8.66. The number of carbonyl (C=O) groups excluding carboxylic acids is 1. The van der Waals surface area contributed by atoms with Gasteiger partial charge >= 0.3 is 0 Å². The molecule has 0 spiro atoms. The maximum Gasteiger partial charge on any atom is 0.231 e. The van der Waals surface area contributed by atoms with Gasteiger partial charge < -0.3 is 14.2 Å². The van der Waals surface area contributed by atoms with Crippen molar-refractivity contribution in [2.75, 3.05) is 13.2 Å². The first kappa shape index (κ1) is 16.1. The number of nitrogens with zero attached hydrogens (tertiary/aromatic N) is 5. The number of carbonyl (C=O) groups is 1. The molecule has 0 saturated carbocycles. The van der Waals surface area contributed by atoms with Gasteiger partial charge in [-0.25, -0.2) is 9.97 Å². The summed E-state index contributed by atoms with van der Waals surface area (Å²) in [6.07, 6.45) is 7.83. The van der Waals surface area contributed by atoms with Crippen LogP contribution in [0.5, 0.6) is 0 Å². The van der Waals surface area contributed by atoms with Crippen LogP contribution >= 0.6 is 0 Å². The average molecular weight is 343 g/mol. The van der Waals surface area contributed by atoms with Crippen LogP contribution in [0.4, 0.5) is 0 Å². The largest absolute Gasteiger partial charge is 0.376 e. The maximum atomic E-state index is 12.9. The number of ether oxygens (including phenoxy) is 1. The van der Waals surface area contributed by atoms with Gasteiger partial charge in [-0.2, -0.15) is 4.98 Å². The van der Waals surface area contributed by atoms with Gasteiger partial charge in [-0.3, -0.25) is 4.79 Å². The number of fused-ring (bicyclic) bond motifs is 1. The number of hydrogen-bond donors (Lipinski definition) is 0. The fourth-order valence-corrected chi connectivity index (χ4v) is 3.75. The molecule has 132 valence electrons. The molecule has 0 radical (unpaired) electrons. The second-order valence-electron chi connectivity index (χ2n) is 6.67. The number of hydrogen-bond acceptors (Lipinski definition) is 7. The van der Waals surface area contributed by atoms with E-state index in [9.17, 15) is 4.79 Å². The average Bonchev–Trinajstić information content (AvgIpc) is 3.28. The normalized spacial score (nSPS) is 25.8. The Morgan fingerprint density at radius 1 is 1.36 bits per heavy atom. The van der Waals surface area contributed by atoms with Gasteiger partial charge in [-0.05, 0) is 31.7 Å². The molecule has 2 aliphatic rings. The lowest BCUT2D eigenvalue weighted by atomic mass is 9.89. The van der Waals surface area contributed by atoms with Crippen LogP contribution in [-0.4, -0.2) is 56.2 Å². The quantitative estimate of drug-likeness (QED) is 0.825. The highest BCUT2D eigenvalue weighted by molar-refractivity contribution is 5.77. The molecular weight excluding hydrogens is 322 g/mol. The Morgan fingerprint density at radius 3 is 2.96 bits per heavy atom. The van der Waals surface area contributed by atoms with Gasteiger partial charge in [0.25, 0.3) is 0 Å². The van der Waals surface area contributed by atoms with Crippen molar-refractivity contribution in [2.24, 2.45) is 0 Å². The van der Waals surface area contributed by atoms with Gasteiger partial charge in [0.15, 0.2) is 5.82 Å².